The van der Waals surface area contributed by atoms with Crippen molar-refractivity contribution in [2.75, 3.05) is 26.1 Å². The molecule has 0 fully saturated rings. The van der Waals surface area contributed by atoms with E-state index in [4.69, 9.17) is 15.2 Å². The summed E-state index contributed by atoms with van der Waals surface area (Å²) in [6.07, 6.45) is 3.32. The van der Waals surface area contributed by atoms with Crippen LogP contribution in [0.2, 0.25) is 0 Å². The number of rotatable bonds is 5. The minimum Gasteiger partial charge on any atom is -0.473 e. The summed E-state index contributed by atoms with van der Waals surface area (Å²) in [5.74, 6) is 5.83. The van der Waals surface area contributed by atoms with E-state index in [1.165, 1.54) is 16.8 Å². The summed E-state index contributed by atoms with van der Waals surface area (Å²) >= 11 is 0. The van der Waals surface area contributed by atoms with E-state index in [2.05, 4.69) is 21.9 Å². The quantitative estimate of drug-likeness (QED) is 0.434. The van der Waals surface area contributed by atoms with Crippen LogP contribution in [0.4, 0.5) is 10.1 Å². The smallest absolute Gasteiger partial charge is 0.249 e. The molecule has 0 radical (unpaired) electrons. The molecule has 7 heteroatoms. The van der Waals surface area contributed by atoms with Crippen molar-refractivity contribution < 1.29 is 13.9 Å². The zero-order valence-corrected chi connectivity index (χ0v) is 14.1. The highest BCUT2D eigenvalue weighted by Crippen LogP contribution is 2.20. The van der Waals surface area contributed by atoms with Crippen LogP contribution < -0.4 is 10.5 Å². The largest absolute Gasteiger partial charge is 0.473 e. The van der Waals surface area contributed by atoms with Crippen molar-refractivity contribution in [1.82, 2.24) is 14.8 Å². The average Bonchev–Trinajstić information content (AvgIpc) is 3.03. The molecular weight excluding hydrogens is 335 g/mol. The number of nitrogens with two attached hydrogens (primary N) is 1. The molecule has 0 spiro atoms. The summed E-state index contributed by atoms with van der Waals surface area (Å²) in [6.45, 7) is 0.726. The third kappa shape index (κ3) is 4.37. The first-order valence-corrected chi connectivity index (χ1v) is 7.86. The van der Waals surface area contributed by atoms with E-state index < -0.39 is 5.82 Å². The van der Waals surface area contributed by atoms with Gasteiger partial charge in [-0.05, 0) is 36.3 Å². The number of ether oxygens (including phenoxy) is 2. The third-order valence-electron chi connectivity index (χ3n) is 3.37. The zero-order chi connectivity index (χ0) is 18.4. The number of nitrogens with zero attached hydrogens (tertiary/aromatic N) is 3. The SMILES string of the molecule is COCCOc1nn(-c2cc(N)cc(F)c2)cc1C#Cc1ccccn1. The zero-order valence-electron chi connectivity index (χ0n) is 14.1. The number of hydrogen-bond acceptors (Lipinski definition) is 5. The third-order valence-corrected chi connectivity index (χ3v) is 3.37. The van der Waals surface area contributed by atoms with Crippen molar-refractivity contribution in [3.8, 4) is 23.4 Å². The van der Waals surface area contributed by atoms with Gasteiger partial charge in [-0.25, -0.2) is 14.1 Å². The molecule has 0 atom stereocenters. The Hall–Kier alpha value is -3.37. The van der Waals surface area contributed by atoms with Gasteiger partial charge < -0.3 is 15.2 Å². The summed E-state index contributed by atoms with van der Waals surface area (Å²) in [7, 11) is 1.58. The van der Waals surface area contributed by atoms with Gasteiger partial charge in [-0.1, -0.05) is 12.0 Å². The van der Waals surface area contributed by atoms with Crippen molar-refractivity contribution in [2.24, 2.45) is 0 Å². The second kappa shape index (κ2) is 8.14. The fourth-order valence-electron chi connectivity index (χ4n) is 2.20. The van der Waals surface area contributed by atoms with Gasteiger partial charge in [0.15, 0.2) is 0 Å². The normalized spacial score (nSPS) is 10.2. The second-order valence-corrected chi connectivity index (χ2v) is 5.34. The van der Waals surface area contributed by atoms with Crippen LogP contribution in [0.15, 0.2) is 48.8 Å². The number of benzene rings is 1. The highest BCUT2D eigenvalue weighted by molar-refractivity contribution is 5.50. The highest BCUT2D eigenvalue weighted by Gasteiger charge is 2.11. The number of methoxy groups -OCH3 is 1. The van der Waals surface area contributed by atoms with Crippen LogP contribution in [0.3, 0.4) is 0 Å². The number of nitrogen functional groups attached to an aromatic ring is 1. The highest BCUT2D eigenvalue weighted by atomic mass is 19.1. The molecule has 2 N–H and O–H groups in total. The van der Waals surface area contributed by atoms with E-state index in [0.717, 1.165) is 0 Å². The lowest BCUT2D eigenvalue weighted by Crippen LogP contribution is -2.06. The van der Waals surface area contributed by atoms with Gasteiger partial charge in [0.2, 0.25) is 5.88 Å². The van der Waals surface area contributed by atoms with Crippen molar-refractivity contribution in [2.45, 2.75) is 0 Å². The fraction of sp³-hybridized carbons (Fsp3) is 0.158. The second-order valence-electron chi connectivity index (χ2n) is 5.34. The van der Waals surface area contributed by atoms with Gasteiger partial charge in [-0.3, -0.25) is 0 Å². The molecule has 132 valence electrons. The summed E-state index contributed by atoms with van der Waals surface area (Å²) in [5.41, 5.74) is 7.66. The molecule has 2 heterocycles. The minimum absolute atomic E-state index is 0.304. The number of aromatic nitrogens is 3. The number of halogens is 1. The van der Waals surface area contributed by atoms with E-state index in [-0.39, 0.29) is 0 Å². The molecule has 3 aromatic rings. The summed E-state index contributed by atoms with van der Waals surface area (Å²) < 4.78 is 25.7. The molecule has 1 aromatic carbocycles. The first-order chi connectivity index (χ1) is 12.7. The van der Waals surface area contributed by atoms with E-state index in [1.54, 1.807) is 31.6 Å². The molecule has 0 unspecified atom stereocenters. The van der Waals surface area contributed by atoms with Gasteiger partial charge in [0.25, 0.3) is 0 Å². The van der Waals surface area contributed by atoms with Crippen molar-refractivity contribution in [3.05, 3.63) is 65.9 Å². The van der Waals surface area contributed by atoms with Crippen LogP contribution in [0, 0.1) is 17.7 Å². The van der Waals surface area contributed by atoms with E-state index in [9.17, 15) is 4.39 Å². The first-order valence-electron chi connectivity index (χ1n) is 7.86. The summed E-state index contributed by atoms with van der Waals surface area (Å²) in [5, 5.41) is 4.34. The van der Waals surface area contributed by atoms with Crippen LogP contribution in [-0.4, -0.2) is 35.1 Å². The molecule has 0 aliphatic heterocycles. The number of hydrogen-bond donors (Lipinski definition) is 1. The molecule has 0 amide bonds. The molecule has 3 rings (SSSR count). The van der Waals surface area contributed by atoms with Gasteiger partial charge in [0.1, 0.15) is 23.7 Å². The molecule has 0 aliphatic carbocycles. The predicted molar refractivity (Wildman–Crippen MR) is 95.5 cm³/mol. The molecule has 2 aromatic heterocycles. The Bertz CT molecular complexity index is 925. The van der Waals surface area contributed by atoms with E-state index >= 15 is 0 Å². The number of pyridine rings is 1. The van der Waals surface area contributed by atoms with Crippen LogP contribution >= 0.6 is 0 Å². The Morgan fingerprint density at radius 2 is 2.08 bits per heavy atom. The Morgan fingerprint density at radius 1 is 1.19 bits per heavy atom. The Morgan fingerprint density at radius 3 is 2.81 bits per heavy atom. The summed E-state index contributed by atoms with van der Waals surface area (Å²) in [6, 6.07) is 9.66. The molecule has 0 aliphatic rings. The van der Waals surface area contributed by atoms with Crippen LogP contribution in [-0.2, 0) is 4.74 Å². The average molecular weight is 352 g/mol. The van der Waals surface area contributed by atoms with Gasteiger partial charge in [0, 0.05) is 19.0 Å². The molecular formula is C19H17FN4O2. The predicted octanol–water partition coefficient (Wildman–Crippen LogP) is 2.41. The van der Waals surface area contributed by atoms with E-state index in [0.29, 0.717) is 41.7 Å². The maximum absolute atomic E-state index is 13.6. The minimum atomic E-state index is -0.446. The summed E-state index contributed by atoms with van der Waals surface area (Å²) in [4.78, 5) is 4.16. The Labute approximate surface area is 150 Å². The van der Waals surface area contributed by atoms with Gasteiger partial charge in [0.05, 0.1) is 18.5 Å². The first kappa shape index (κ1) is 17.5. The lowest BCUT2D eigenvalue weighted by Gasteiger charge is -2.04. The molecule has 6 nitrogen and oxygen atoms in total. The van der Waals surface area contributed by atoms with Crippen molar-refractivity contribution >= 4 is 5.69 Å². The van der Waals surface area contributed by atoms with Crippen LogP contribution in [0.1, 0.15) is 11.3 Å². The molecule has 0 saturated carbocycles. The fourth-order valence-corrected chi connectivity index (χ4v) is 2.20. The molecule has 0 saturated heterocycles. The topological polar surface area (TPSA) is 75.2 Å². The van der Waals surface area contributed by atoms with Crippen molar-refractivity contribution in [3.63, 3.8) is 0 Å². The Kier molecular flexibility index (Phi) is 5.46. The van der Waals surface area contributed by atoms with E-state index in [1.807, 2.05) is 12.1 Å². The number of anilines is 1. The van der Waals surface area contributed by atoms with Crippen molar-refractivity contribution in [1.29, 1.82) is 0 Å². The molecule has 26 heavy (non-hydrogen) atoms. The molecule has 0 bridgehead atoms. The lowest BCUT2D eigenvalue weighted by molar-refractivity contribution is 0.143. The Balaban J connectivity index is 1.96. The van der Waals surface area contributed by atoms with Gasteiger partial charge in [-0.2, -0.15) is 0 Å². The van der Waals surface area contributed by atoms with Gasteiger partial charge >= 0.3 is 0 Å². The lowest BCUT2D eigenvalue weighted by atomic mass is 10.2. The van der Waals surface area contributed by atoms with Gasteiger partial charge in [-0.15, -0.1) is 5.10 Å². The maximum atomic E-state index is 13.6. The maximum Gasteiger partial charge on any atom is 0.249 e. The standard InChI is InChI=1S/C19H17FN4O2/c1-25-8-9-26-19-14(5-6-17-4-2-3-7-22-17)13-24(23-19)18-11-15(20)10-16(21)12-18/h2-4,7,10-13H,8-9,21H2,1H3. The van der Waals surface area contributed by atoms with Crippen LogP contribution in [0.5, 0.6) is 5.88 Å². The monoisotopic (exact) mass is 352 g/mol. The van der Waals surface area contributed by atoms with Crippen LogP contribution in [0.25, 0.3) is 5.69 Å².